The Morgan fingerprint density at radius 2 is 1.77 bits per heavy atom. The van der Waals surface area contributed by atoms with Crippen molar-refractivity contribution < 1.29 is 4.74 Å². The molecule has 2 rings (SSSR count). The molecule has 1 aliphatic carbocycles. The van der Waals surface area contributed by atoms with E-state index in [9.17, 15) is 0 Å². The first-order chi connectivity index (χ1) is 6.18. The van der Waals surface area contributed by atoms with Crippen LogP contribution in [0.3, 0.4) is 0 Å². The van der Waals surface area contributed by atoms with Crippen molar-refractivity contribution in [2.45, 2.75) is 44.6 Å². The summed E-state index contributed by atoms with van der Waals surface area (Å²) in [5, 5.41) is 3.40. The fraction of sp³-hybridized carbons (Fsp3) is 1.00. The Labute approximate surface area is 81.0 Å². The van der Waals surface area contributed by atoms with Crippen molar-refractivity contribution in [3.63, 3.8) is 0 Å². The topological polar surface area (TPSA) is 21.3 Å². The van der Waals surface area contributed by atoms with Crippen LogP contribution in [-0.4, -0.2) is 25.8 Å². The van der Waals surface area contributed by atoms with Crippen LogP contribution in [0.25, 0.3) is 0 Å². The average molecular weight is 183 g/mol. The van der Waals surface area contributed by atoms with Crippen molar-refractivity contribution in [3.05, 3.63) is 0 Å². The van der Waals surface area contributed by atoms with Crippen LogP contribution in [0.2, 0.25) is 0 Å². The minimum atomic E-state index is 0.205. The first kappa shape index (κ1) is 9.47. The summed E-state index contributed by atoms with van der Waals surface area (Å²) in [6, 6.07) is 0. The van der Waals surface area contributed by atoms with E-state index in [1.807, 2.05) is 7.11 Å². The lowest BCUT2D eigenvalue weighted by atomic mass is 9.82. The molecule has 0 aromatic carbocycles. The lowest BCUT2D eigenvalue weighted by Crippen LogP contribution is -2.44. The zero-order valence-electron chi connectivity index (χ0n) is 8.86. The van der Waals surface area contributed by atoms with Gasteiger partial charge in [0, 0.05) is 7.11 Å². The second-order valence-electron chi connectivity index (χ2n) is 5.12. The molecule has 2 fully saturated rings. The van der Waals surface area contributed by atoms with Gasteiger partial charge >= 0.3 is 0 Å². The third-order valence-electron chi connectivity index (χ3n) is 3.80. The van der Waals surface area contributed by atoms with Gasteiger partial charge in [0.25, 0.3) is 0 Å². The fourth-order valence-electron chi connectivity index (χ4n) is 2.50. The van der Waals surface area contributed by atoms with Gasteiger partial charge in [0.1, 0.15) is 0 Å². The van der Waals surface area contributed by atoms with Crippen LogP contribution < -0.4 is 5.32 Å². The van der Waals surface area contributed by atoms with Crippen molar-refractivity contribution >= 4 is 0 Å². The summed E-state index contributed by atoms with van der Waals surface area (Å²) in [5.41, 5.74) is 0.823. The summed E-state index contributed by atoms with van der Waals surface area (Å²) < 4.78 is 5.75. The molecule has 0 aromatic rings. The fourth-order valence-corrected chi connectivity index (χ4v) is 2.50. The Bertz CT molecular complexity index is 181. The molecular weight excluding hydrogens is 162 g/mol. The second-order valence-corrected chi connectivity index (χ2v) is 5.12. The van der Waals surface area contributed by atoms with Crippen molar-refractivity contribution in [2.75, 3.05) is 20.2 Å². The smallest absolute Gasteiger partial charge is 0.0708 e. The first-order valence-electron chi connectivity index (χ1n) is 5.44. The van der Waals surface area contributed by atoms with Gasteiger partial charge in [-0.05, 0) is 50.6 Å². The van der Waals surface area contributed by atoms with Crippen LogP contribution in [0.4, 0.5) is 0 Å². The highest BCUT2D eigenvalue weighted by Gasteiger charge is 2.45. The maximum atomic E-state index is 5.75. The number of hydrogen-bond acceptors (Lipinski definition) is 2. The van der Waals surface area contributed by atoms with Crippen LogP contribution in [0.5, 0.6) is 0 Å². The monoisotopic (exact) mass is 183 g/mol. The van der Waals surface area contributed by atoms with E-state index in [-0.39, 0.29) is 5.60 Å². The first-order valence-corrected chi connectivity index (χ1v) is 5.44. The number of rotatable bonds is 3. The SMILES string of the molecule is COC1(CC2(C)CC2)CCNCC1. The summed E-state index contributed by atoms with van der Waals surface area (Å²) in [7, 11) is 1.89. The molecule has 1 N–H and O–H groups in total. The molecule has 1 aliphatic heterocycles. The minimum Gasteiger partial charge on any atom is -0.378 e. The van der Waals surface area contributed by atoms with Crippen LogP contribution in [0.15, 0.2) is 0 Å². The van der Waals surface area contributed by atoms with Crippen LogP contribution in [-0.2, 0) is 4.74 Å². The molecule has 1 saturated heterocycles. The van der Waals surface area contributed by atoms with E-state index in [1.54, 1.807) is 0 Å². The van der Waals surface area contributed by atoms with Crippen molar-refractivity contribution in [2.24, 2.45) is 5.41 Å². The molecule has 0 amide bonds. The maximum Gasteiger partial charge on any atom is 0.0708 e. The highest BCUT2D eigenvalue weighted by molar-refractivity contribution is 4.98. The van der Waals surface area contributed by atoms with Gasteiger partial charge in [0.2, 0.25) is 0 Å². The van der Waals surface area contributed by atoms with Gasteiger partial charge in [-0.1, -0.05) is 6.92 Å². The number of nitrogens with one attached hydrogen (secondary N) is 1. The molecule has 0 unspecified atom stereocenters. The highest BCUT2D eigenvalue weighted by Crippen LogP contribution is 2.52. The largest absolute Gasteiger partial charge is 0.378 e. The Morgan fingerprint density at radius 3 is 2.23 bits per heavy atom. The summed E-state index contributed by atoms with van der Waals surface area (Å²) in [5.74, 6) is 0. The Hall–Kier alpha value is -0.0800. The summed E-state index contributed by atoms with van der Waals surface area (Å²) >= 11 is 0. The van der Waals surface area contributed by atoms with Crippen molar-refractivity contribution in [1.29, 1.82) is 0 Å². The number of ether oxygens (including phenoxy) is 1. The lowest BCUT2D eigenvalue weighted by Gasteiger charge is -2.38. The van der Waals surface area contributed by atoms with Crippen molar-refractivity contribution in [3.8, 4) is 0 Å². The molecule has 0 radical (unpaired) electrons. The maximum absolute atomic E-state index is 5.75. The summed E-state index contributed by atoms with van der Waals surface area (Å²) in [4.78, 5) is 0. The predicted octanol–water partition coefficient (Wildman–Crippen LogP) is 1.95. The summed E-state index contributed by atoms with van der Waals surface area (Å²) in [6.45, 7) is 4.66. The Kier molecular flexibility index (Phi) is 2.37. The zero-order valence-corrected chi connectivity index (χ0v) is 8.86. The van der Waals surface area contributed by atoms with Crippen molar-refractivity contribution in [1.82, 2.24) is 5.32 Å². The van der Waals surface area contributed by atoms with Crippen LogP contribution >= 0.6 is 0 Å². The molecule has 0 aromatic heterocycles. The zero-order chi connectivity index (χ0) is 9.36. The van der Waals surface area contributed by atoms with Gasteiger partial charge in [-0.2, -0.15) is 0 Å². The van der Waals surface area contributed by atoms with Gasteiger partial charge in [-0.25, -0.2) is 0 Å². The molecule has 2 aliphatic rings. The summed E-state index contributed by atoms with van der Waals surface area (Å²) in [6.07, 6.45) is 6.48. The van der Waals surface area contributed by atoms with E-state index < -0.39 is 0 Å². The quantitative estimate of drug-likeness (QED) is 0.722. The van der Waals surface area contributed by atoms with E-state index >= 15 is 0 Å². The van der Waals surface area contributed by atoms with Gasteiger partial charge in [-0.15, -0.1) is 0 Å². The van der Waals surface area contributed by atoms with Gasteiger partial charge < -0.3 is 10.1 Å². The molecule has 1 saturated carbocycles. The van der Waals surface area contributed by atoms with E-state index in [1.165, 1.54) is 32.1 Å². The molecule has 76 valence electrons. The minimum absolute atomic E-state index is 0.205. The molecule has 2 heteroatoms. The third-order valence-corrected chi connectivity index (χ3v) is 3.80. The lowest BCUT2D eigenvalue weighted by molar-refractivity contribution is -0.0530. The van der Waals surface area contributed by atoms with E-state index in [2.05, 4.69) is 12.2 Å². The molecule has 13 heavy (non-hydrogen) atoms. The van der Waals surface area contributed by atoms with Crippen LogP contribution in [0.1, 0.15) is 39.0 Å². The Balaban J connectivity index is 1.96. The van der Waals surface area contributed by atoms with E-state index in [0.717, 1.165) is 13.1 Å². The number of methoxy groups -OCH3 is 1. The van der Waals surface area contributed by atoms with Gasteiger partial charge in [-0.3, -0.25) is 0 Å². The second kappa shape index (κ2) is 3.25. The average Bonchev–Trinajstić information content (AvgIpc) is 2.85. The standard InChI is InChI=1S/C11H21NO/c1-10(3-4-10)9-11(13-2)5-7-12-8-6-11/h12H,3-9H2,1-2H3. The predicted molar refractivity (Wildman–Crippen MR) is 53.8 cm³/mol. The molecule has 0 atom stereocenters. The van der Waals surface area contributed by atoms with E-state index in [4.69, 9.17) is 4.74 Å². The third kappa shape index (κ3) is 2.05. The van der Waals surface area contributed by atoms with Gasteiger partial charge in [0.15, 0.2) is 0 Å². The molecular formula is C11H21NO. The van der Waals surface area contributed by atoms with Gasteiger partial charge in [0.05, 0.1) is 5.60 Å². The molecule has 2 nitrogen and oxygen atoms in total. The molecule has 0 bridgehead atoms. The Morgan fingerprint density at radius 1 is 1.15 bits per heavy atom. The molecule has 1 heterocycles. The highest BCUT2D eigenvalue weighted by atomic mass is 16.5. The van der Waals surface area contributed by atoms with Crippen LogP contribution in [0, 0.1) is 5.41 Å². The van der Waals surface area contributed by atoms with E-state index in [0.29, 0.717) is 5.41 Å². The normalized spacial score (nSPS) is 30.0. The number of hydrogen-bond donors (Lipinski definition) is 1. The molecule has 0 spiro atoms. The number of piperidine rings is 1.